The second-order valence-corrected chi connectivity index (χ2v) is 3.59. The molecular formula is C13H9F3. The molecule has 0 amide bonds. The van der Waals surface area contributed by atoms with E-state index in [0.717, 1.165) is 12.1 Å². The van der Waals surface area contributed by atoms with Crippen LogP contribution in [-0.4, -0.2) is 0 Å². The average Bonchev–Trinajstić information content (AvgIpc) is 2.26. The molecule has 0 aliphatic heterocycles. The summed E-state index contributed by atoms with van der Waals surface area (Å²) in [5.74, 6) is -2.10. The highest BCUT2D eigenvalue weighted by atomic mass is 19.2. The Morgan fingerprint density at radius 1 is 0.688 bits per heavy atom. The van der Waals surface area contributed by atoms with Gasteiger partial charge in [0.15, 0.2) is 11.6 Å². The zero-order chi connectivity index (χ0) is 11.7. The lowest BCUT2D eigenvalue weighted by Gasteiger charge is -2.04. The summed E-state index contributed by atoms with van der Waals surface area (Å²) in [4.78, 5) is 0. The third-order valence-electron chi connectivity index (χ3n) is 2.41. The molecule has 0 aliphatic rings. The summed E-state index contributed by atoms with van der Waals surface area (Å²) in [6.07, 6.45) is 0. The van der Waals surface area contributed by atoms with Gasteiger partial charge in [-0.1, -0.05) is 12.1 Å². The molecule has 0 atom stereocenters. The number of halogens is 3. The van der Waals surface area contributed by atoms with Gasteiger partial charge in [0, 0.05) is 0 Å². The van der Waals surface area contributed by atoms with Crippen molar-refractivity contribution in [1.29, 1.82) is 0 Å². The molecular weight excluding hydrogens is 213 g/mol. The van der Waals surface area contributed by atoms with Gasteiger partial charge in [0.05, 0.1) is 0 Å². The lowest BCUT2D eigenvalue weighted by Crippen LogP contribution is -1.87. The Labute approximate surface area is 91.4 Å². The van der Waals surface area contributed by atoms with E-state index in [1.54, 1.807) is 13.0 Å². The predicted molar refractivity (Wildman–Crippen MR) is 56.5 cm³/mol. The number of hydrogen-bond acceptors (Lipinski definition) is 0. The maximum absolute atomic E-state index is 13.0. The molecule has 0 bridgehead atoms. The van der Waals surface area contributed by atoms with E-state index in [2.05, 4.69) is 0 Å². The molecule has 0 unspecified atom stereocenters. The lowest BCUT2D eigenvalue weighted by molar-refractivity contribution is 0.509. The third-order valence-corrected chi connectivity index (χ3v) is 2.41. The minimum Gasteiger partial charge on any atom is -0.207 e. The van der Waals surface area contributed by atoms with Crippen LogP contribution in [0.4, 0.5) is 13.2 Å². The van der Waals surface area contributed by atoms with E-state index in [4.69, 9.17) is 0 Å². The summed E-state index contributed by atoms with van der Waals surface area (Å²) in [5.41, 5.74) is 1.67. The summed E-state index contributed by atoms with van der Waals surface area (Å²) in [6.45, 7) is 1.62. The minimum atomic E-state index is -0.903. The Morgan fingerprint density at radius 2 is 1.25 bits per heavy atom. The predicted octanol–water partition coefficient (Wildman–Crippen LogP) is 4.08. The molecule has 16 heavy (non-hydrogen) atoms. The molecule has 82 valence electrons. The molecule has 2 rings (SSSR count). The van der Waals surface area contributed by atoms with Crippen molar-refractivity contribution in [2.24, 2.45) is 0 Å². The van der Waals surface area contributed by atoms with Crippen LogP contribution in [0.15, 0.2) is 36.4 Å². The van der Waals surface area contributed by atoms with Crippen LogP contribution in [0.25, 0.3) is 11.1 Å². The SMILES string of the molecule is Cc1cc(-c2ccc(F)c(F)c2)ccc1F. The molecule has 0 fully saturated rings. The number of rotatable bonds is 1. The zero-order valence-electron chi connectivity index (χ0n) is 8.60. The normalized spacial score (nSPS) is 10.5. The van der Waals surface area contributed by atoms with Gasteiger partial charge in [-0.25, -0.2) is 13.2 Å². The van der Waals surface area contributed by atoms with Crippen molar-refractivity contribution in [3.63, 3.8) is 0 Å². The molecule has 0 aromatic heterocycles. The van der Waals surface area contributed by atoms with Gasteiger partial charge < -0.3 is 0 Å². The fourth-order valence-electron chi connectivity index (χ4n) is 1.50. The summed E-state index contributed by atoms with van der Waals surface area (Å²) >= 11 is 0. The number of aryl methyl sites for hydroxylation is 1. The highest BCUT2D eigenvalue weighted by Gasteiger charge is 2.05. The van der Waals surface area contributed by atoms with Crippen molar-refractivity contribution in [3.05, 3.63) is 59.4 Å². The Bertz CT molecular complexity index is 483. The van der Waals surface area contributed by atoms with E-state index in [1.165, 1.54) is 18.2 Å². The van der Waals surface area contributed by atoms with Crippen molar-refractivity contribution < 1.29 is 13.2 Å². The van der Waals surface area contributed by atoms with Crippen LogP contribution < -0.4 is 0 Å². The van der Waals surface area contributed by atoms with Gasteiger partial charge in [0.25, 0.3) is 0 Å². The van der Waals surface area contributed by atoms with Gasteiger partial charge in [-0.3, -0.25) is 0 Å². The van der Waals surface area contributed by atoms with E-state index in [1.807, 2.05) is 0 Å². The first kappa shape index (κ1) is 10.7. The van der Waals surface area contributed by atoms with E-state index in [0.29, 0.717) is 16.7 Å². The average molecular weight is 222 g/mol. The number of hydrogen-bond donors (Lipinski definition) is 0. The van der Waals surface area contributed by atoms with Crippen LogP contribution in [0.3, 0.4) is 0 Å². The van der Waals surface area contributed by atoms with Crippen LogP contribution in [0.2, 0.25) is 0 Å². The monoisotopic (exact) mass is 222 g/mol. The maximum Gasteiger partial charge on any atom is 0.159 e. The van der Waals surface area contributed by atoms with E-state index >= 15 is 0 Å². The van der Waals surface area contributed by atoms with Crippen LogP contribution in [0, 0.1) is 24.4 Å². The molecule has 0 saturated carbocycles. The van der Waals surface area contributed by atoms with Crippen LogP contribution in [-0.2, 0) is 0 Å². The van der Waals surface area contributed by atoms with E-state index in [-0.39, 0.29) is 5.82 Å². The number of benzene rings is 2. The Kier molecular flexibility index (Phi) is 2.69. The highest BCUT2D eigenvalue weighted by molar-refractivity contribution is 5.64. The molecule has 0 aliphatic carbocycles. The minimum absolute atomic E-state index is 0.314. The summed E-state index contributed by atoms with van der Waals surface area (Å²) in [6, 6.07) is 8.07. The fourth-order valence-corrected chi connectivity index (χ4v) is 1.50. The summed E-state index contributed by atoms with van der Waals surface area (Å²) in [5, 5.41) is 0. The van der Waals surface area contributed by atoms with Crippen molar-refractivity contribution >= 4 is 0 Å². The molecule has 0 spiro atoms. The topological polar surface area (TPSA) is 0 Å². The first-order valence-corrected chi connectivity index (χ1v) is 4.79. The first-order chi connectivity index (χ1) is 7.58. The second kappa shape index (κ2) is 4.00. The molecule has 0 saturated heterocycles. The van der Waals surface area contributed by atoms with Gasteiger partial charge in [0.1, 0.15) is 5.82 Å². The fraction of sp³-hybridized carbons (Fsp3) is 0.0769. The van der Waals surface area contributed by atoms with Crippen molar-refractivity contribution in [2.45, 2.75) is 6.92 Å². The van der Waals surface area contributed by atoms with Crippen molar-refractivity contribution in [3.8, 4) is 11.1 Å². The molecule has 0 nitrogen and oxygen atoms in total. The van der Waals surface area contributed by atoms with Gasteiger partial charge >= 0.3 is 0 Å². The van der Waals surface area contributed by atoms with Gasteiger partial charge in [-0.05, 0) is 47.9 Å². The quantitative estimate of drug-likeness (QED) is 0.682. The van der Waals surface area contributed by atoms with Gasteiger partial charge in [-0.2, -0.15) is 0 Å². The lowest BCUT2D eigenvalue weighted by atomic mass is 10.0. The highest BCUT2D eigenvalue weighted by Crippen LogP contribution is 2.23. The molecule has 2 aromatic rings. The Hall–Kier alpha value is -1.77. The smallest absolute Gasteiger partial charge is 0.159 e. The molecule has 2 aromatic carbocycles. The van der Waals surface area contributed by atoms with E-state index < -0.39 is 11.6 Å². The van der Waals surface area contributed by atoms with Crippen LogP contribution >= 0.6 is 0 Å². The van der Waals surface area contributed by atoms with Gasteiger partial charge in [0.2, 0.25) is 0 Å². The third kappa shape index (κ3) is 1.94. The van der Waals surface area contributed by atoms with Crippen molar-refractivity contribution in [2.75, 3.05) is 0 Å². The zero-order valence-corrected chi connectivity index (χ0v) is 8.60. The second-order valence-electron chi connectivity index (χ2n) is 3.59. The molecule has 3 heteroatoms. The van der Waals surface area contributed by atoms with Crippen LogP contribution in [0.1, 0.15) is 5.56 Å². The largest absolute Gasteiger partial charge is 0.207 e. The molecule has 0 heterocycles. The molecule has 0 radical (unpaired) electrons. The first-order valence-electron chi connectivity index (χ1n) is 4.79. The maximum atomic E-state index is 13.0. The summed E-state index contributed by atoms with van der Waals surface area (Å²) in [7, 11) is 0. The van der Waals surface area contributed by atoms with E-state index in [9.17, 15) is 13.2 Å². The summed E-state index contributed by atoms with van der Waals surface area (Å²) < 4.78 is 38.7. The van der Waals surface area contributed by atoms with Gasteiger partial charge in [-0.15, -0.1) is 0 Å². The Morgan fingerprint density at radius 3 is 1.81 bits per heavy atom. The van der Waals surface area contributed by atoms with Crippen LogP contribution in [0.5, 0.6) is 0 Å². The Balaban J connectivity index is 2.50. The van der Waals surface area contributed by atoms with Crippen molar-refractivity contribution in [1.82, 2.24) is 0 Å². The standard InChI is InChI=1S/C13H9F3/c1-8-6-9(2-4-11(8)14)10-3-5-12(15)13(16)7-10/h2-7H,1H3. The molecule has 0 N–H and O–H groups in total.